The summed E-state index contributed by atoms with van der Waals surface area (Å²) in [6, 6.07) is 10.5. The summed E-state index contributed by atoms with van der Waals surface area (Å²) in [6.45, 7) is 1.72. The second-order valence-electron chi connectivity index (χ2n) is 6.69. The molecule has 2 aliphatic heterocycles. The van der Waals surface area contributed by atoms with Crippen LogP contribution in [-0.4, -0.2) is 22.9 Å². The lowest BCUT2D eigenvalue weighted by Crippen LogP contribution is -2.48. The van der Waals surface area contributed by atoms with Crippen molar-refractivity contribution in [1.82, 2.24) is 5.32 Å². The fourth-order valence-electron chi connectivity index (χ4n) is 4.29. The minimum absolute atomic E-state index is 0.320. The Labute approximate surface area is 159 Å². The third kappa shape index (κ3) is 2.33. The van der Waals surface area contributed by atoms with Gasteiger partial charge in [-0.1, -0.05) is 41.4 Å². The molecule has 1 saturated heterocycles. The minimum atomic E-state index is -1.25. The zero-order valence-corrected chi connectivity index (χ0v) is 15.2. The summed E-state index contributed by atoms with van der Waals surface area (Å²) >= 11 is 12.2. The van der Waals surface area contributed by atoms with Gasteiger partial charge in [-0.15, -0.1) is 0 Å². The Morgan fingerprint density at radius 3 is 2.58 bits per heavy atom. The molecular weight excluding hydrogens is 377 g/mol. The van der Waals surface area contributed by atoms with Crippen LogP contribution in [0.25, 0.3) is 0 Å². The Balaban J connectivity index is 1.98. The minimum Gasteiger partial charge on any atom is -0.324 e. The maximum Gasteiger partial charge on any atom is 0.250 e. The second kappa shape index (κ2) is 5.94. The third-order valence-electron chi connectivity index (χ3n) is 5.24. The van der Waals surface area contributed by atoms with Crippen LogP contribution in [0, 0.1) is 10.1 Å². The molecule has 0 aliphatic carbocycles. The summed E-state index contributed by atoms with van der Waals surface area (Å²) in [5, 5.41) is 18.9. The van der Waals surface area contributed by atoms with Crippen molar-refractivity contribution < 1.29 is 9.72 Å². The standard InChI is InChI=1S/C18H15Cl2N3O3/c1-9-16(23(25)26)15(10-3-2-4-11(19)7-10)18(22-9)13-6-5-12(20)8-14(13)21-17(18)24/h2-9,15-16,22H,1H3,(H,21,24)/t9-,15-,16+,18+/m0/s1. The van der Waals surface area contributed by atoms with Gasteiger partial charge in [0.2, 0.25) is 11.9 Å². The lowest BCUT2D eigenvalue weighted by atomic mass is 9.74. The molecule has 134 valence electrons. The number of amides is 1. The molecule has 2 aromatic rings. The SMILES string of the molecule is C[C@@H]1N[C@@]2(C(=O)Nc3cc(Cl)ccc32)[C@@H](c2cccc(Cl)c2)[C@@H]1[N+](=O)[O-]. The quantitative estimate of drug-likeness (QED) is 0.605. The molecule has 4 rings (SSSR count). The highest BCUT2D eigenvalue weighted by atomic mass is 35.5. The fourth-order valence-corrected chi connectivity index (χ4v) is 4.66. The summed E-state index contributed by atoms with van der Waals surface area (Å²) in [7, 11) is 0. The smallest absolute Gasteiger partial charge is 0.250 e. The number of carbonyl (C=O) groups is 1. The van der Waals surface area contributed by atoms with E-state index in [9.17, 15) is 14.9 Å². The van der Waals surface area contributed by atoms with Crippen molar-refractivity contribution in [2.45, 2.75) is 30.5 Å². The van der Waals surface area contributed by atoms with Crippen LogP contribution >= 0.6 is 23.2 Å². The van der Waals surface area contributed by atoms with Crippen LogP contribution in [0.5, 0.6) is 0 Å². The van der Waals surface area contributed by atoms with Crippen LogP contribution in [0.2, 0.25) is 10.0 Å². The topological polar surface area (TPSA) is 84.3 Å². The molecule has 6 nitrogen and oxygen atoms in total. The van der Waals surface area contributed by atoms with Crippen LogP contribution in [-0.2, 0) is 10.3 Å². The zero-order chi connectivity index (χ0) is 18.6. The molecule has 0 aromatic heterocycles. The summed E-state index contributed by atoms with van der Waals surface area (Å²) in [4.78, 5) is 24.6. The number of rotatable bonds is 2. The van der Waals surface area contributed by atoms with E-state index in [1.54, 1.807) is 49.4 Å². The molecule has 2 heterocycles. The fraction of sp³-hybridized carbons (Fsp3) is 0.278. The molecule has 2 N–H and O–H groups in total. The van der Waals surface area contributed by atoms with E-state index in [2.05, 4.69) is 10.6 Å². The Morgan fingerprint density at radius 1 is 1.15 bits per heavy atom. The molecule has 0 saturated carbocycles. The predicted octanol–water partition coefficient (Wildman–Crippen LogP) is 3.56. The van der Waals surface area contributed by atoms with E-state index in [4.69, 9.17) is 23.2 Å². The van der Waals surface area contributed by atoms with Gasteiger partial charge in [0.25, 0.3) is 0 Å². The Kier molecular flexibility index (Phi) is 3.95. The zero-order valence-electron chi connectivity index (χ0n) is 13.7. The average Bonchev–Trinajstić information content (AvgIpc) is 3.02. The number of anilines is 1. The molecule has 26 heavy (non-hydrogen) atoms. The van der Waals surface area contributed by atoms with Crippen LogP contribution in [0.4, 0.5) is 5.69 Å². The lowest BCUT2D eigenvalue weighted by molar-refractivity contribution is -0.526. The molecule has 0 radical (unpaired) electrons. The third-order valence-corrected chi connectivity index (χ3v) is 5.71. The van der Waals surface area contributed by atoms with Crippen molar-refractivity contribution in [3.8, 4) is 0 Å². The van der Waals surface area contributed by atoms with Gasteiger partial charge in [-0.2, -0.15) is 0 Å². The number of nitro groups is 1. The van der Waals surface area contributed by atoms with Gasteiger partial charge < -0.3 is 5.32 Å². The summed E-state index contributed by atoms with van der Waals surface area (Å²) in [5.41, 5.74) is 0.627. The predicted molar refractivity (Wildman–Crippen MR) is 99.3 cm³/mol. The molecule has 8 heteroatoms. The number of hydrogen-bond acceptors (Lipinski definition) is 4. The molecule has 0 bridgehead atoms. The van der Waals surface area contributed by atoms with Crippen LogP contribution in [0.1, 0.15) is 24.0 Å². The first-order valence-electron chi connectivity index (χ1n) is 8.12. The van der Waals surface area contributed by atoms with Gasteiger partial charge in [-0.3, -0.25) is 20.2 Å². The average molecular weight is 392 g/mol. The van der Waals surface area contributed by atoms with E-state index in [1.165, 1.54) is 0 Å². The molecular formula is C18H15Cl2N3O3. The molecule has 1 amide bonds. The van der Waals surface area contributed by atoms with Crippen molar-refractivity contribution in [2.75, 3.05) is 5.32 Å². The number of nitrogens with zero attached hydrogens (tertiary/aromatic N) is 1. The molecule has 1 fully saturated rings. The first kappa shape index (κ1) is 17.3. The van der Waals surface area contributed by atoms with E-state index >= 15 is 0 Å². The maximum atomic E-state index is 13.1. The number of benzene rings is 2. The van der Waals surface area contributed by atoms with Crippen LogP contribution in [0.3, 0.4) is 0 Å². The summed E-state index contributed by atoms with van der Waals surface area (Å²) < 4.78 is 0. The number of carbonyl (C=O) groups excluding carboxylic acids is 1. The maximum absolute atomic E-state index is 13.1. The molecule has 2 aromatic carbocycles. The van der Waals surface area contributed by atoms with E-state index in [0.717, 1.165) is 0 Å². The van der Waals surface area contributed by atoms with E-state index in [-0.39, 0.29) is 10.8 Å². The molecule has 4 atom stereocenters. The van der Waals surface area contributed by atoms with Crippen molar-refractivity contribution in [3.05, 3.63) is 73.8 Å². The van der Waals surface area contributed by atoms with Crippen molar-refractivity contribution in [2.24, 2.45) is 0 Å². The van der Waals surface area contributed by atoms with Gasteiger partial charge in [0.1, 0.15) is 5.54 Å². The first-order chi connectivity index (χ1) is 12.3. The number of hydrogen-bond donors (Lipinski definition) is 2. The van der Waals surface area contributed by atoms with Gasteiger partial charge in [-0.25, -0.2) is 0 Å². The largest absolute Gasteiger partial charge is 0.324 e. The van der Waals surface area contributed by atoms with Crippen LogP contribution < -0.4 is 10.6 Å². The number of nitrogens with one attached hydrogen (secondary N) is 2. The molecule has 1 spiro atoms. The highest BCUT2D eigenvalue weighted by Gasteiger charge is 2.65. The summed E-state index contributed by atoms with van der Waals surface area (Å²) in [5.74, 6) is -1.04. The highest BCUT2D eigenvalue weighted by Crippen LogP contribution is 2.52. The first-order valence-corrected chi connectivity index (χ1v) is 8.88. The summed E-state index contributed by atoms with van der Waals surface area (Å²) in [6.07, 6.45) is 0. The van der Waals surface area contributed by atoms with E-state index in [0.29, 0.717) is 26.9 Å². The van der Waals surface area contributed by atoms with Gasteiger partial charge in [-0.05, 0) is 36.8 Å². The monoisotopic (exact) mass is 391 g/mol. The number of fused-ring (bicyclic) bond motifs is 2. The van der Waals surface area contributed by atoms with E-state index in [1.807, 2.05) is 0 Å². The Bertz CT molecular complexity index is 936. The van der Waals surface area contributed by atoms with Crippen LogP contribution in [0.15, 0.2) is 42.5 Å². The molecule has 0 unspecified atom stereocenters. The number of halogens is 2. The van der Waals surface area contributed by atoms with E-state index < -0.39 is 23.5 Å². The normalized spacial score (nSPS) is 29.7. The van der Waals surface area contributed by atoms with Gasteiger partial charge in [0.15, 0.2) is 0 Å². The van der Waals surface area contributed by atoms with Gasteiger partial charge in [0, 0.05) is 26.2 Å². The Hall–Kier alpha value is -2.15. The van der Waals surface area contributed by atoms with Gasteiger partial charge in [0.05, 0.1) is 12.0 Å². The highest BCUT2D eigenvalue weighted by molar-refractivity contribution is 6.31. The Morgan fingerprint density at radius 2 is 1.88 bits per heavy atom. The van der Waals surface area contributed by atoms with Crippen molar-refractivity contribution in [3.63, 3.8) is 0 Å². The van der Waals surface area contributed by atoms with Gasteiger partial charge >= 0.3 is 0 Å². The molecule has 2 aliphatic rings. The van der Waals surface area contributed by atoms with Crippen molar-refractivity contribution in [1.29, 1.82) is 0 Å². The van der Waals surface area contributed by atoms with Crippen molar-refractivity contribution >= 4 is 34.8 Å². The second-order valence-corrected chi connectivity index (χ2v) is 7.57. The lowest BCUT2D eigenvalue weighted by Gasteiger charge is -2.29.